The van der Waals surface area contributed by atoms with Gasteiger partial charge in [0.15, 0.2) is 11.5 Å². The molecule has 2 aromatic carbocycles. The maximum absolute atomic E-state index is 13.0. The number of carbonyl (C=O) groups is 1. The minimum atomic E-state index is -0.693. The SMILES string of the molecule is CCn1cc(C(=O)NCCCCCCn2c3nc(=O)[nH]c(=O)c-3nc3ccccc32)c(=O)c2ccc(C)cc21. The van der Waals surface area contributed by atoms with E-state index in [1.807, 2.05) is 59.4 Å². The highest BCUT2D eigenvalue weighted by atomic mass is 16.2. The Morgan fingerprint density at radius 1 is 0.974 bits per heavy atom. The largest absolute Gasteiger partial charge is 0.352 e. The summed E-state index contributed by atoms with van der Waals surface area (Å²) in [5.41, 5.74) is 2.15. The number of nitrogens with one attached hydrogen (secondary N) is 2. The molecule has 0 unspecified atom stereocenters. The molecule has 5 rings (SSSR count). The summed E-state index contributed by atoms with van der Waals surface area (Å²) < 4.78 is 3.80. The Labute approximate surface area is 223 Å². The molecule has 10 nitrogen and oxygen atoms in total. The van der Waals surface area contributed by atoms with Gasteiger partial charge in [0.1, 0.15) is 5.56 Å². The molecule has 0 saturated heterocycles. The highest BCUT2D eigenvalue weighted by Gasteiger charge is 2.18. The van der Waals surface area contributed by atoms with E-state index in [1.165, 1.54) is 0 Å². The number of nitrogens with zero attached hydrogens (tertiary/aromatic N) is 4. The van der Waals surface area contributed by atoms with Crippen LogP contribution in [0.2, 0.25) is 0 Å². The number of carbonyl (C=O) groups excluding carboxylic acids is 1. The number of hydrogen-bond donors (Lipinski definition) is 2. The third-order valence-electron chi connectivity index (χ3n) is 6.93. The van der Waals surface area contributed by atoms with Crippen LogP contribution in [0.3, 0.4) is 0 Å². The summed E-state index contributed by atoms with van der Waals surface area (Å²) in [6, 6.07) is 13.1. The van der Waals surface area contributed by atoms with E-state index < -0.39 is 11.2 Å². The molecule has 0 fully saturated rings. The number of benzene rings is 2. The van der Waals surface area contributed by atoms with Crippen LogP contribution < -0.4 is 22.0 Å². The van der Waals surface area contributed by atoms with Gasteiger partial charge in [-0.2, -0.15) is 4.98 Å². The molecule has 0 radical (unpaired) electrons. The van der Waals surface area contributed by atoms with Crippen LogP contribution in [-0.2, 0) is 13.1 Å². The van der Waals surface area contributed by atoms with Crippen LogP contribution in [0.15, 0.2) is 63.0 Å². The van der Waals surface area contributed by atoms with Crippen LogP contribution in [-0.4, -0.2) is 36.5 Å². The van der Waals surface area contributed by atoms with Crippen LogP contribution in [0.1, 0.15) is 48.5 Å². The number of amides is 1. The average Bonchev–Trinajstić information content (AvgIpc) is 2.92. The van der Waals surface area contributed by atoms with Crippen LogP contribution in [0.25, 0.3) is 33.5 Å². The fourth-order valence-corrected chi connectivity index (χ4v) is 4.94. The monoisotopic (exact) mass is 526 g/mol. The number of fused-ring (bicyclic) bond motifs is 3. The summed E-state index contributed by atoms with van der Waals surface area (Å²) in [5, 5.41) is 3.43. The molecule has 10 heteroatoms. The normalized spacial score (nSPS) is 11.4. The molecular formula is C29H30N6O4. The number of rotatable bonds is 9. The van der Waals surface area contributed by atoms with Gasteiger partial charge in [-0.05, 0) is 56.5 Å². The maximum Gasteiger partial charge on any atom is 0.349 e. The predicted molar refractivity (Wildman–Crippen MR) is 150 cm³/mol. The molecule has 0 aliphatic carbocycles. The zero-order valence-electron chi connectivity index (χ0n) is 22.0. The predicted octanol–water partition coefficient (Wildman–Crippen LogP) is 3.22. The maximum atomic E-state index is 13.0. The second-order valence-electron chi connectivity index (χ2n) is 9.64. The third-order valence-corrected chi connectivity index (χ3v) is 6.93. The van der Waals surface area contributed by atoms with Crippen LogP contribution >= 0.6 is 0 Å². The second-order valence-corrected chi connectivity index (χ2v) is 9.64. The zero-order chi connectivity index (χ0) is 27.5. The molecule has 1 amide bonds. The molecule has 1 aromatic heterocycles. The van der Waals surface area contributed by atoms with E-state index >= 15 is 0 Å². The number of H-pyrrole nitrogens is 1. The van der Waals surface area contributed by atoms with E-state index in [2.05, 4.69) is 20.3 Å². The van der Waals surface area contributed by atoms with Crippen LogP contribution in [0, 0.1) is 6.92 Å². The lowest BCUT2D eigenvalue weighted by Crippen LogP contribution is -2.30. The van der Waals surface area contributed by atoms with Crippen molar-refractivity contribution in [1.29, 1.82) is 0 Å². The molecule has 0 atom stereocenters. The Bertz CT molecular complexity index is 1830. The van der Waals surface area contributed by atoms with Gasteiger partial charge in [0.05, 0.1) is 16.6 Å². The first-order valence-electron chi connectivity index (χ1n) is 13.2. The molecule has 0 spiro atoms. The molecule has 200 valence electrons. The molecule has 0 bridgehead atoms. The topological polar surface area (TPSA) is 132 Å². The number of para-hydroxylation sites is 2. The molecule has 2 aliphatic heterocycles. The Balaban J connectivity index is 1.20. The summed E-state index contributed by atoms with van der Waals surface area (Å²) in [4.78, 5) is 60.6. The minimum Gasteiger partial charge on any atom is -0.352 e. The first kappa shape index (κ1) is 26.0. The number of unbranched alkanes of at least 4 members (excludes halogenated alkanes) is 3. The Kier molecular flexibility index (Phi) is 7.36. The summed E-state index contributed by atoms with van der Waals surface area (Å²) in [6.45, 7) is 5.64. The van der Waals surface area contributed by atoms with Gasteiger partial charge in [0, 0.05) is 31.2 Å². The van der Waals surface area contributed by atoms with Gasteiger partial charge in [-0.15, -0.1) is 0 Å². The number of aryl methyl sites for hydroxylation is 3. The van der Waals surface area contributed by atoms with Crippen molar-refractivity contribution in [3.63, 3.8) is 0 Å². The first-order chi connectivity index (χ1) is 18.9. The van der Waals surface area contributed by atoms with Gasteiger partial charge in [0.25, 0.3) is 11.5 Å². The highest BCUT2D eigenvalue weighted by Crippen LogP contribution is 2.21. The lowest BCUT2D eigenvalue weighted by molar-refractivity contribution is 0.0951. The van der Waals surface area contributed by atoms with Crippen molar-refractivity contribution in [3.8, 4) is 11.5 Å². The highest BCUT2D eigenvalue weighted by molar-refractivity contribution is 5.97. The van der Waals surface area contributed by atoms with Gasteiger partial charge in [-0.1, -0.05) is 31.0 Å². The van der Waals surface area contributed by atoms with Crippen molar-refractivity contribution >= 4 is 27.8 Å². The number of hydrogen-bond acceptors (Lipinski definition) is 6. The second kappa shape index (κ2) is 11.0. The molecule has 3 heterocycles. The zero-order valence-corrected chi connectivity index (χ0v) is 22.0. The minimum absolute atomic E-state index is 0.141. The smallest absolute Gasteiger partial charge is 0.349 e. The summed E-state index contributed by atoms with van der Waals surface area (Å²) in [5.74, 6) is -0.0855. The standard InChI is InChI=1S/C29H30N6O4/c1-3-34-17-20(25(36)19-13-12-18(2)16-23(19)34)27(37)30-14-8-4-5-9-15-35-22-11-7-6-10-21(22)31-24-26(35)32-29(39)33-28(24)38/h6-7,10-13,16-17H,3-5,8-9,14-15H2,1-2H3,(H,30,37)(H,33,38,39). The molecular weight excluding hydrogens is 496 g/mol. The summed E-state index contributed by atoms with van der Waals surface area (Å²) in [6.07, 6.45) is 4.92. The lowest BCUT2D eigenvalue weighted by atomic mass is 10.1. The first-order valence-corrected chi connectivity index (χ1v) is 13.2. The van der Waals surface area contributed by atoms with Gasteiger partial charge in [0.2, 0.25) is 5.43 Å². The summed E-state index contributed by atoms with van der Waals surface area (Å²) in [7, 11) is 0. The van der Waals surface area contributed by atoms with Crippen molar-refractivity contribution < 1.29 is 4.79 Å². The van der Waals surface area contributed by atoms with Gasteiger partial charge in [-0.25, -0.2) is 9.78 Å². The van der Waals surface area contributed by atoms with Crippen molar-refractivity contribution in [3.05, 3.63) is 90.8 Å². The molecule has 0 saturated carbocycles. The quantitative estimate of drug-likeness (QED) is 0.224. The molecule has 3 aromatic rings. The van der Waals surface area contributed by atoms with Crippen molar-refractivity contribution in [2.45, 2.75) is 52.6 Å². The Hall–Kier alpha value is -4.60. The Morgan fingerprint density at radius 2 is 1.77 bits per heavy atom. The van der Waals surface area contributed by atoms with Crippen molar-refractivity contribution in [2.24, 2.45) is 0 Å². The van der Waals surface area contributed by atoms with Crippen molar-refractivity contribution in [2.75, 3.05) is 6.54 Å². The fraction of sp³-hybridized carbons (Fsp3) is 0.310. The number of aromatic nitrogens is 5. The molecule has 2 N–H and O–H groups in total. The van der Waals surface area contributed by atoms with Crippen molar-refractivity contribution in [1.82, 2.24) is 29.4 Å². The van der Waals surface area contributed by atoms with Crippen LogP contribution in [0.5, 0.6) is 0 Å². The van der Waals surface area contributed by atoms with E-state index in [0.29, 0.717) is 30.5 Å². The average molecular weight is 527 g/mol. The fourth-order valence-electron chi connectivity index (χ4n) is 4.94. The lowest BCUT2D eigenvalue weighted by Gasteiger charge is -2.16. The van der Waals surface area contributed by atoms with Gasteiger partial charge in [-0.3, -0.25) is 19.4 Å². The molecule has 2 aliphatic rings. The van der Waals surface area contributed by atoms with Crippen LogP contribution in [0.4, 0.5) is 0 Å². The summed E-state index contributed by atoms with van der Waals surface area (Å²) >= 11 is 0. The van der Waals surface area contributed by atoms with E-state index in [9.17, 15) is 19.2 Å². The van der Waals surface area contributed by atoms with E-state index in [4.69, 9.17) is 0 Å². The van der Waals surface area contributed by atoms with E-state index in [1.54, 1.807) is 12.3 Å². The van der Waals surface area contributed by atoms with E-state index in [0.717, 1.165) is 42.3 Å². The van der Waals surface area contributed by atoms with Gasteiger partial charge < -0.3 is 14.5 Å². The Morgan fingerprint density at radius 3 is 2.59 bits per heavy atom. The molecule has 39 heavy (non-hydrogen) atoms. The van der Waals surface area contributed by atoms with Gasteiger partial charge >= 0.3 is 5.69 Å². The number of aromatic amines is 1. The van der Waals surface area contributed by atoms with E-state index in [-0.39, 0.29) is 28.4 Å². The third kappa shape index (κ3) is 5.22. The number of pyridine rings is 1.